The fourth-order valence-electron chi connectivity index (χ4n) is 8.06. The van der Waals surface area contributed by atoms with Crippen LogP contribution in [0.25, 0.3) is 105 Å². The van der Waals surface area contributed by atoms with E-state index in [1.807, 2.05) is 24.3 Å². The number of hydrogen-bond acceptors (Lipinski definition) is 2. The van der Waals surface area contributed by atoms with Gasteiger partial charge < -0.3 is 13.4 Å². The van der Waals surface area contributed by atoms with Crippen LogP contribution in [-0.2, 0) is 0 Å². The zero-order valence-electron chi connectivity index (χ0n) is 27.5. The van der Waals surface area contributed by atoms with E-state index in [0.717, 1.165) is 71.8 Å². The Balaban J connectivity index is 1.07. The zero-order chi connectivity index (χ0) is 33.5. The summed E-state index contributed by atoms with van der Waals surface area (Å²) in [6.45, 7) is 0. The molecule has 0 spiro atoms. The molecule has 3 nitrogen and oxygen atoms in total. The van der Waals surface area contributed by atoms with Gasteiger partial charge in [0.1, 0.15) is 22.3 Å². The molecule has 51 heavy (non-hydrogen) atoms. The molecular weight excluding hydrogens is 623 g/mol. The SMILES string of the molecule is c1cc(-c2ccc3oc4ccccc4c3c2)cc(-c2ccccc2-n2c3ccccc3c3cc(-c4cccc5c4oc4ccccc45)ccc32)c1. The Bertz CT molecular complexity index is 3150. The molecule has 0 fully saturated rings. The van der Waals surface area contributed by atoms with Crippen molar-refractivity contribution >= 4 is 65.7 Å². The average Bonchev–Trinajstić information content (AvgIpc) is 3.87. The van der Waals surface area contributed by atoms with Crippen LogP contribution < -0.4 is 0 Å². The van der Waals surface area contributed by atoms with Gasteiger partial charge in [-0.2, -0.15) is 0 Å². The molecule has 0 N–H and O–H groups in total. The number of hydrogen-bond donors (Lipinski definition) is 0. The van der Waals surface area contributed by atoms with E-state index in [1.165, 1.54) is 33.0 Å². The molecule has 0 unspecified atom stereocenters. The van der Waals surface area contributed by atoms with Crippen molar-refractivity contribution in [1.82, 2.24) is 4.57 Å². The lowest BCUT2D eigenvalue weighted by atomic mass is 9.97. The third-order valence-corrected chi connectivity index (χ3v) is 10.4. The first kappa shape index (κ1) is 28.0. The molecule has 11 aromatic rings. The quantitative estimate of drug-likeness (QED) is 0.190. The maximum absolute atomic E-state index is 6.44. The van der Waals surface area contributed by atoms with Gasteiger partial charge in [0, 0.05) is 43.4 Å². The molecule has 0 radical (unpaired) electrons. The van der Waals surface area contributed by atoms with Gasteiger partial charge in [-0.05, 0) is 76.9 Å². The smallest absolute Gasteiger partial charge is 0.143 e. The lowest BCUT2D eigenvalue weighted by Crippen LogP contribution is -1.97. The molecule has 3 heterocycles. The number of nitrogens with zero attached hydrogens (tertiary/aromatic N) is 1. The molecule has 11 rings (SSSR count). The summed E-state index contributed by atoms with van der Waals surface area (Å²) in [5, 5.41) is 6.98. The Kier molecular flexibility index (Phi) is 5.96. The maximum Gasteiger partial charge on any atom is 0.143 e. The van der Waals surface area contributed by atoms with Crippen LogP contribution in [0, 0.1) is 0 Å². The van der Waals surface area contributed by atoms with E-state index in [-0.39, 0.29) is 0 Å². The lowest BCUT2D eigenvalue weighted by molar-refractivity contribution is 0.669. The minimum atomic E-state index is 0.908. The van der Waals surface area contributed by atoms with Crippen molar-refractivity contribution in [2.75, 3.05) is 0 Å². The van der Waals surface area contributed by atoms with E-state index in [9.17, 15) is 0 Å². The largest absolute Gasteiger partial charge is 0.456 e. The van der Waals surface area contributed by atoms with Gasteiger partial charge in [0.15, 0.2) is 0 Å². The molecule has 0 aliphatic rings. The first-order valence-corrected chi connectivity index (χ1v) is 17.3. The van der Waals surface area contributed by atoms with E-state index in [4.69, 9.17) is 8.83 Å². The topological polar surface area (TPSA) is 31.2 Å². The second-order valence-corrected chi connectivity index (χ2v) is 13.3. The first-order chi connectivity index (χ1) is 25.3. The van der Waals surface area contributed by atoms with E-state index < -0.39 is 0 Å². The fraction of sp³-hybridized carbons (Fsp3) is 0. The van der Waals surface area contributed by atoms with E-state index in [2.05, 4.69) is 156 Å². The summed E-state index contributed by atoms with van der Waals surface area (Å²) in [6, 6.07) is 62.7. The van der Waals surface area contributed by atoms with Crippen LogP contribution in [0.5, 0.6) is 0 Å². The third-order valence-electron chi connectivity index (χ3n) is 10.4. The van der Waals surface area contributed by atoms with Crippen molar-refractivity contribution in [2.45, 2.75) is 0 Å². The maximum atomic E-state index is 6.44. The zero-order valence-corrected chi connectivity index (χ0v) is 27.5. The highest BCUT2D eigenvalue weighted by Gasteiger charge is 2.18. The Morgan fingerprint density at radius 3 is 1.78 bits per heavy atom. The van der Waals surface area contributed by atoms with Crippen LogP contribution in [0.15, 0.2) is 185 Å². The number of benzene rings is 8. The average molecular weight is 652 g/mol. The molecule has 0 saturated carbocycles. The highest BCUT2D eigenvalue weighted by Crippen LogP contribution is 2.41. The molecule has 0 atom stereocenters. The van der Waals surface area contributed by atoms with E-state index in [0.29, 0.717) is 0 Å². The molecule has 238 valence electrons. The number of para-hydroxylation sites is 5. The predicted octanol–water partition coefficient (Wildman–Crippen LogP) is 13.6. The van der Waals surface area contributed by atoms with Crippen molar-refractivity contribution in [3.63, 3.8) is 0 Å². The van der Waals surface area contributed by atoms with Crippen molar-refractivity contribution in [1.29, 1.82) is 0 Å². The third kappa shape index (κ3) is 4.25. The highest BCUT2D eigenvalue weighted by atomic mass is 16.3. The van der Waals surface area contributed by atoms with E-state index >= 15 is 0 Å². The van der Waals surface area contributed by atoms with Gasteiger partial charge >= 0.3 is 0 Å². The molecule has 0 aliphatic heterocycles. The standard InChI is InChI=1S/C48H29NO2/c1-5-19-42(34(13-1)32-12-9-11-30(27-32)31-24-26-47-41(28-31)38-16-4-7-21-45(38)50-47)49-43-20-6-2-14-36(43)40-29-33(23-25-44(40)49)35-17-10-18-39-37-15-3-8-22-46(37)51-48(35)39/h1-29H. The summed E-state index contributed by atoms with van der Waals surface area (Å²) in [5.41, 5.74) is 14.0. The van der Waals surface area contributed by atoms with E-state index in [1.54, 1.807) is 0 Å². The Hall–Kier alpha value is -6.84. The van der Waals surface area contributed by atoms with Gasteiger partial charge in [-0.25, -0.2) is 0 Å². The number of furan rings is 2. The monoisotopic (exact) mass is 651 g/mol. The number of aromatic nitrogens is 1. The summed E-state index contributed by atoms with van der Waals surface area (Å²) in [7, 11) is 0. The highest BCUT2D eigenvalue weighted by molar-refractivity contribution is 6.13. The van der Waals surface area contributed by atoms with Crippen LogP contribution in [-0.4, -0.2) is 4.57 Å². The molecule has 8 aromatic carbocycles. The van der Waals surface area contributed by atoms with Gasteiger partial charge in [0.2, 0.25) is 0 Å². The predicted molar refractivity (Wildman–Crippen MR) is 212 cm³/mol. The number of fused-ring (bicyclic) bond motifs is 9. The normalized spacial score (nSPS) is 11.9. The van der Waals surface area contributed by atoms with Crippen molar-refractivity contribution < 1.29 is 8.83 Å². The molecule has 3 aromatic heterocycles. The fourth-order valence-corrected chi connectivity index (χ4v) is 8.06. The summed E-state index contributed by atoms with van der Waals surface area (Å²) < 4.78 is 15.0. The summed E-state index contributed by atoms with van der Waals surface area (Å²) in [4.78, 5) is 0. The molecule has 3 heteroatoms. The lowest BCUT2D eigenvalue weighted by Gasteiger charge is -2.15. The van der Waals surface area contributed by atoms with Crippen LogP contribution in [0.4, 0.5) is 0 Å². The Labute approximate surface area is 293 Å². The van der Waals surface area contributed by atoms with Crippen molar-refractivity contribution in [3.8, 4) is 39.1 Å². The minimum absolute atomic E-state index is 0.908. The Morgan fingerprint density at radius 2 is 0.882 bits per heavy atom. The van der Waals surface area contributed by atoms with Gasteiger partial charge in [-0.15, -0.1) is 0 Å². The second kappa shape index (κ2) is 10.8. The molecular formula is C48H29NO2. The molecule has 0 saturated heterocycles. The first-order valence-electron chi connectivity index (χ1n) is 17.3. The summed E-state index contributed by atoms with van der Waals surface area (Å²) >= 11 is 0. The Morgan fingerprint density at radius 1 is 0.314 bits per heavy atom. The minimum Gasteiger partial charge on any atom is -0.456 e. The van der Waals surface area contributed by atoms with Gasteiger partial charge in [-0.1, -0.05) is 121 Å². The molecule has 0 amide bonds. The second-order valence-electron chi connectivity index (χ2n) is 13.3. The summed E-state index contributed by atoms with van der Waals surface area (Å²) in [5.74, 6) is 0. The van der Waals surface area contributed by atoms with Gasteiger partial charge in [-0.3, -0.25) is 0 Å². The van der Waals surface area contributed by atoms with Crippen LogP contribution in [0.2, 0.25) is 0 Å². The summed E-state index contributed by atoms with van der Waals surface area (Å²) in [6.07, 6.45) is 0. The van der Waals surface area contributed by atoms with Gasteiger partial charge in [0.25, 0.3) is 0 Å². The number of rotatable bonds is 4. The van der Waals surface area contributed by atoms with Gasteiger partial charge in [0.05, 0.1) is 16.7 Å². The molecule has 0 aliphatic carbocycles. The van der Waals surface area contributed by atoms with Crippen LogP contribution >= 0.6 is 0 Å². The van der Waals surface area contributed by atoms with Crippen molar-refractivity contribution in [2.24, 2.45) is 0 Å². The van der Waals surface area contributed by atoms with Crippen LogP contribution in [0.1, 0.15) is 0 Å². The van der Waals surface area contributed by atoms with Crippen molar-refractivity contribution in [3.05, 3.63) is 176 Å². The molecule has 0 bridgehead atoms. The van der Waals surface area contributed by atoms with Crippen LogP contribution in [0.3, 0.4) is 0 Å².